The van der Waals surface area contributed by atoms with Crippen LogP contribution >= 0.6 is 0 Å². The van der Waals surface area contributed by atoms with E-state index in [1.165, 1.54) is 6.55 Å². The van der Waals surface area contributed by atoms with E-state index in [0.29, 0.717) is 0 Å². The molecule has 0 aromatic carbocycles. The quantitative estimate of drug-likeness (QED) is 0.273. The van der Waals surface area contributed by atoms with Gasteiger partial charge in [-0.1, -0.05) is 25.2 Å². The summed E-state index contributed by atoms with van der Waals surface area (Å²) in [5.74, 6) is -30.2. The number of hydrogen-bond donors (Lipinski definition) is 0. The van der Waals surface area contributed by atoms with E-state index in [-0.39, 0.29) is 19.0 Å². The van der Waals surface area contributed by atoms with Crippen LogP contribution in [-0.4, -0.2) is 54.6 Å². The van der Waals surface area contributed by atoms with Gasteiger partial charge in [0.05, 0.1) is 0 Å². The molecule has 28 heavy (non-hydrogen) atoms. The second-order valence-electron chi connectivity index (χ2n) is 6.54. The van der Waals surface area contributed by atoms with Gasteiger partial charge in [-0.05, 0) is 0 Å². The monoisotopic (exact) mass is 476 g/mol. The number of alkyl halides is 12. The molecule has 0 amide bonds. The van der Waals surface area contributed by atoms with Crippen LogP contribution < -0.4 is 0 Å². The molecule has 0 fully saturated rings. The summed E-state index contributed by atoms with van der Waals surface area (Å²) in [6, 6.07) is -0.0512. The standard InChI is InChI=1S/C8H12F8Si.C6H12F4Si/c1-5(9,10)7(13,14)8(15,16)6(11,12)3-4-17-2;1-5(7,8)6(9,10)3-4-11-2/h3-4,17H2,1-2H3;3-4,11H2,1-2H3. The highest BCUT2D eigenvalue weighted by Crippen LogP contribution is 2.53. The van der Waals surface area contributed by atoms with E-state index in [1.54, 1.807) is 0 Å². The first-order valence-corrected chi connectivity index (χ1v) is 13.2. The molecular formula is C14H24F12Si2. The van der Waals surface area contributed by atoms with Gasteiger partial charge in [0.25, 0.3) is 0 Å². The summed E-state index contributed by atoms with van der Waals surface area (Å²) in [6.07, 6.45) is -2.17. The molecule has 0 atom stereocenters. The minimum Gasteiger partial charge on any atom is -0.200 e. The van der Waals surface area contributed by atoms with E-state index in [4.69, 9.17) is 0 Å². The predicted molar refractivity (Wildman–Crippen MR) is 88.7 cm³/mol. The molecule has 14 heteroatoms. The van der Waals surface area contributed by atoms with Crippen molar-refractivity contribution in [3.8, 4) is 0 Å². The highest BCUT2D eigenvalue weighted by atomic mass is 28.2. The molecular weight excluding hydrogens is 452 g/mol. The van der Waals surface area contributed by atoms with Crippen LogP contribution in [0.25, 0.3) is 0 Å². The minimum atomic E-state index is -6.08. The second kappa shape index (κ2) is 10.1. The molecule has 0 spiro atoms. The second-order valence-corrected chi connectivity index (χ2v) is 9.96. The summed E-state index contributed by atoms with van der Waals surface area (Å²) in [6.45, 7) is 3.10. The normalized spacial score (nSPS) is 15.4. The Morgan fingerprint density at radius 2 is 0.821 bits per heavy atom. The van der Waals surface area contributed by atoms with Crippen molar-refractivity contribution in [3.63, 3.8) is 0 Å². The van der Waals surface area contributed by atoms with Gasteiger partial charge >= 0.3 is 35.5 Å². The van der Waals surface area contributed by atoms with Gasteiger partial charge in [-0.15, -0.1) is 0 Å². The van der Waals surface area contributed by atoms with Crippen molar-refractivity contribution in [1.82, 2.24) is 0 Å². The van der Waals surface area contributed by atoms with Gasteiger partial charge in [0.1, 0.15) is 0 Å². The highest BCUT2D eigenvalue weighted by Gasteiger charge is 2.78. The van der Waals surface area contributed by atoms with Gasteiger partial charge in [-0.25, -0.2) is 8.78 Å². The zero-order chi connectivity index (χ0) is 23.2. The Morgan fingerprint density at radius 1 is 0.500 bits per heavy atom. The predicted octanol–water partition coefficient (Wildman–Crippen LogP) is 5.88. The zero-order valence-corrected chi connectivity index (χ0v) is 18.6. The van der Waals surface area contributed by atoms with Gasteiger partial charge in [0, 0.05) is 45.7 Å². The fourth-order valence-electron chi connectivity index (χ4n) is 1.68. The molecule has 0 saturated heterocycles. The number of halogens is 12. The first-order chi connectivity index (χ1) is 12.1. The molecule has 172 valence electrons. The molecule has 0 bridgehead atoms. The first kappa shape index (κ1) is 29.8. The van der Waals surface area contributed by atoms with Crippen molar-refractivity contribution in [1.29, 1.82) is 0 Å². The van der Waals surface area contributed by atoms with Crippen LogP contribution in [0.1, 0.15) is 26.7 Å². The largest absolute Gasteiger partial charge is 0.378 e. The molecule has 0 unspecified atom stereocenters. The van der Waals surface area contributed by atoms with Crippen molar-refractivity contribution in [2.24, 2.45) is 0 Å². The topological polar surface area (TPSA) is 0 Å². The Kier molecular flexibility index (Phi) is 10.7. The third-order valence-electron chi connectivity index (χ3n) is 3.74. The summed E-state index contributed by atoms with van der Waals surface area (Å²) in [4.78, 5) is 0. The average Bonchev–Trinajstić information content (AvgIpc) is 2.49. The van der Waals surface area contributed by atoms with E-state index in [2.05, 4.69) is 0 Å². The molecule has 0 saturated carbocycles. The van der Waals surface area contributed by atoms with Crippen LogP contribution in [0.4, 0.5) is 52.7 Å². The first-order valence-electron chi connectivity index (χ1n) is 8.39. The summed E-state index contributed by atoms with van der Waals surface area (Å²) in [5.41, 5.74) is 0. The van der Waals surface area contributed by atoms with Crippen LogP contribution in [0, 0.1) is 0 Å². The molecule has 0 rings (SSSR count). The van der Waals surface area contributed by atoms with Crippen molar-refractivity contribution in [2.45, 2.75) is 87.4 Å². The van der Waals surface area contributed by atoms with Crippen molar-refractivity contribution < 1.29 is 52.7 Å². The van der Waals surface area contributed by atoms with Crippen molar-refractivity contribution >= 4 is 19.0 Å². The molecule has 0 heterocycles. The molecule has 0 radical (unpaired) electrons. The summed E-state index contributed by atoms with van der Waals surface area (Å²) in [7, 11) is -1.58. The van der Waals surface area contributed by atoms with Crippen LogP contribution in [0.5, 0.6) is 0 Å². The fourth-order valence-corrected chi connectivity index (χ4v) is 3.27. The summed E-state index contributed by atoms with van der Waals surface area (Å²) < 4.78 is 150. The summed E-state index contributed by atoms with van der Waals surface area (Å²) in [5, 5.41) is 0. The van der Waals surface area contributed by atoms with Gasteiger partial charge < -0.3 is 0 Å². The van der Waals surface area contributed by atoms with Crippen LogP contribution in [0.3, 0.4) is 0 Å². The Morgan fingerprint density at radius 3 is 1.07 bits per heavy atom. The van der Waals surface area contributed by atoms with E-state index < -0.39 is 74.3 Å². The Bertz CT molecular complexity index is 454. The van der Waals surface area contributed by atoms with Crippen LogP contribution in [0.2, 0.25) is 25.2 Å². The molecule has 0 aliphatic rings. The maximum absolute atomic E-state index is 12.9. The van der Waals surface area contributed by atoms with E-state index >= 15 is 0 Å². The third-order valence-corrected chi connectivity index (χ3v) is 5.86. The third kappa shape index (κ3) is 7.45. The van der Waals surface area contributed by atoms with Gasteiger partial charge in [0.2, 0.25) is 0 Å². The molecule has 0 N–H and O–H groups in total. The Labute approximate surface area is 160 Å². The fraction of sp³-hybridized carbons (Fsp3) is 1.00. The number of hydrogen-bond acceptors (Lipinski definition) is 0. The lowest BCUT2D eigenvalue weighted by molar-refractivity contribution is -0.362. The molecule has 0 nitrogen and oxygen atoms in total. The maximum Gasteiger partial charge on any atom is 0.378 e. The van der Waals surface area contributed by atoms with E-state index in [1.807, 2.05) is 6.55 Å². The van der Waals surface area contributed by atoms with Crippen molar-refractivity contribution in [3.05, 3.63) is 0 Å². The number of rotatable bonds is 10. The molecule has 0 aromatic rings. The molecule has 0 aliphatic carbocycles. The molecule has 0 aliphatic heterocycles. The van der Waals surface area contributed by atoms with Gasteiger partial charge in [-0.2, -0.15) is 43.9 Å². The van der Waals surface area contributed by atoms with Gasteiger partial charge in [-0.3, -0.25) is 0 Å². The van der Waals surface area contributed by atoms with Crippen LogP contribution in [-0.2, 0) is 0 Å². The van der Waals surface area contributed by atoms with E-state index in [9.17, 15) is 52.7 Å². The maximum atomic E-state index is 12.9. The Hall–Kier alpha value is -0.406. The van der Waals surface area contributed by atoms with Gasteiger partial charge in [0.15, 0.2) is 0 Å². The summed E-state index contributed by atoms with van der Waals surface area (Å²) >= 11 is 0. The zero-order valence-electron chi connectivity index (χ0n) is 15.8. The smallest absolute Gasteiger partial charge is 0.200 e. The minimum absolute atomic E-state index is 0.268. The molecule has 0 aromatic heterocycles. The lowest BCUT2D eigenvalue weighted by Gasteiger charge is -2.35. The average molecular weight is 476 g/mol. The highest BCUT2D eigenvalue weighted by molar-refractivity contribution is 6.33. The lowest BCUT2D eigenvalue weighted by Crippen LogP contribution is -2.61. The van der Waals surface area contributed by atoms with Crippen molar-refractivity contribution in [2.75, 3.05) is 0 Å². The Balaban J connectivity index is 0. The lowest BCUT2D eigenvalue weighted by atomic mass is 9.98. The SMILES string of the molecule is C[SiH2]CCC(F)(F)C(C)(F)F.C[SiH2]CCC(F)(F)C(F)(F)C(F)(F)C(C)(F)F. The van der Waals surface area contributed by atoms with Crippen LogP contribution in [0.15, 0.2) is 0 Å². The van der Waals surface area contributed by atoms with E-state index in [0.717, 1.165) is 0 Å².